The molecule has 0 aliphatic rings. The van der Waals surface area contributed by atoms with Crippen LogP contribution in [0.3, 0.4) is 0 Å². The van der Waals surface area contributed by atoms with Crippen molar-refractivity contribution in [2.24, 2.45) is 0 Å². The monoisotopic (exact) mass is 216 g/mol. The van der Waals surface area contributed by atoms with Gasteiger partial charge in [-0.25, -0.2) is 0 Å². The van der Waals surface area contributed by atoms with Gasteiger partial charge < -0.3 is 9.47 Å². The first-order chi connectivity index (χ1) is 7.66. The third-order valence-corrected chi connectivity index (χ3v) is 2.93. The van der Waals surface area contributed by atoms with E-state index in [1.165, 1.54) is 22.9 Å². The van der Waals surface area contributed by atoms with Gasteiger partial charge in [-0.1, -0.05) is 12.1 Å². The molecule has 0 bridgehead atoms. The molecule has 1 aromatic heterocycles. The molecule has 1 heterocycles. The summed E-state index contributed by atoms with van der Waals surface area (Å²) >= 11 is 0. The van der Waals surface area contributed by atoms with Gasteiger partial charge >= 0.3 is 0 Å². The Morgan fingerprint density at radius 2 is 2.00 bits per heavy atom. The van der Waals surface area contributed by atoms with Crippen molar-refractivity contribution in [3.8, 4) is 0 Å². The fourth-order valence-electron chi connectivity index (χ4n) is 2.05. The average molecular weight is 216 g/mol. The molecule has 0 unspecified atom stereocenters. The van der Waals surface area contributed by atoms with Crippen molar-refractivity contribution in [1.82, 2.24) is 9.47 Å². The maximum absolute atomic E-state index is 2.35. The number of fused-ring (bicyclic) bond motifs is 1. The second kappa shape index (κ2) is 4.71. The molecule has 0 N–H and O–H groups in total. The summed E-state index contributed by atoms with van der Waals surface area (Å²) < 4.78 is 2.35. The van der Waals surface area contributed by atoms with Gasteiger partial charge in [0, 0.05) is 18.3 Å². The fraction of sp³-hybridized carbons (Fsp3) is 0.429. The molecule has 0 saturated heterocycles. The molecule has 0 spiro atoms. The fourth-order valence-corrected chi connectivity index (χ4v) is 2.05. The van der Waals surface area contributed by atoms with Crippen LogP contribution in [-0.4, -0.2) is 30.1 Å². The number of aromatic nitrogens is 1. The molecule has 0 saturated carbocycles. The highest BCUT2D eigenvalue weighted by atomic mass is 15.1. The van der Waals surface area contributed by atoms with Crippen LogP contribution in [0.25, 0.3) is 10.9 Å². The van der Waals surface area contributed by atoms with Crippen LogP contribution in [0, 0.1) is 6.92 Å². The van der Waals surface area contributed by atoms with E-state index in [-0.39, 0.29) is 0 Å². The average Bonchev–Trinajstić information content (AvgIpc) is 2.60. The number of aryl methyl sites for hydroxylation is 2. The van der Waals surface area contributed by atoms with Gasteiger partial charge in [-0.3, -0.25) is 0 Å². The Labute approximate surface area is 97.5 Å². The number of hydrogen-bond donors (Lipinski definition) is 0. The molecule has 0 amide bonds. The van der Waals surface area contributed by atoms with E-state index in [0.717, 1.165) is 13.1 Å². The number of rotatable bonds is 4. The first-order valence-corrected chi connectivity index (χ1v) is 5.87. The third kappa shape index (κ3) is 2.45. The lowest BCUT2D eigenvalue weighted by Gasteiger charge is -2.10. The van der Waals surface area contributed by atoms with E-state index in [4.69, 9.17) is 0 Å². The van der Waals surface area contributed by atoms with Crippen molar-refractivity contribution in [2.45, 2.75) is 19.9 Å². The minimum absolute atomic E-state index is 1.10. The van der Waals surface area contributed by atoms with Crippen LogP contribution in [0.2, 0.25) is 0 Å². The Morgan fingerprint density at radius 1 is 1.19 bits per heavy atom. The standard InChI is InChI=1S/C14H20N2/c1-12-5-6-13-7-10-16(14(13)11-12)9-4-8-15(2)3/h5-7,10-11H,4,8-9H2,1-3H3. The van der Waals surface area contributed by atoms with E-state index in [2.05, 4.69) is 60.9 Å². The van der Waals surface area contributed by atoms with Gasteiger partial charge in [-0.2, -0.15) is 0 Å². The molecule has 0 radical (unpaired) electrons. The van der Waals surface area contributed by atoms with Gasteiger partial charge in [0.15, 0.2) is 0 Å². The van der Waals surface area contributed by atoms with E-state index in [1.54, 1.807) is 0 Å². The van der Waals surface area contributed by atoms with Crippen molar-refractivity contribution in [1.29, 1.82) is 0 Å². The van der Waals surface area contributed by atoms with Gasteiger partial charge in [-0.05, 0) is 57.1 Å². The smallest absolute Gasteiger partial charge is 0.0482 e. The minimum atomic E-state index is 1.10. The second-order valence-corrected chi connectivity index (χ2v) is 4.73. The SMILES string of the molecule is Cc1ccc2ccn(CCCN(C)C)c2c1. The van der Waals surface area contributed by atoms with E-state index in [0.29, 0.717) is 0 Å². The molecule has 0 atom stereocenters. The summed E-state index contributed by atoms with van der Waals surface area (Å²) in [6.45, 7) is 4.40. The first-order valence-electron chi connectivity index (χ1n) is 5.87. The van der Waals surface area contributed by atoms with Crippen LogP contribution >= 0.6 is 0 Å². The van der Waals surface area contributed by atoms with Crippen LogP contribution in [0.4, 0.5) is 0 Å². The highest BCUT2D eigenvalue weighted by Crippen LogP contribution is 2.17. The Kier molecular flexibility index (Phi) is 3.30. The van der Waals surface area contributed by atoms with Crippen LogP contribution in [0.5, 0.6) is 0 Å². The molecule has 86 valence electrons. The highest BCUT2D eigenvalue weighted by Gasteiger charge is 2.00. The molecule has 16 heavy (non-hydrogen) atoms. The zero-order valence-electron chi connectivity index (χ0n) is 10.4. The van der Waals surface area contributed by atoms with Crippen molar-refractivity contribution < 1.29 is 0 Å². The molecular weight excluding hydrogens is 196 g/mol. The normalized spacial score (nSPS) is 11.5. The third-order valence-electron chi connectivity index (χ3n) is 2.93. The van der Waals surface area contributed by atoms with Crippen LogP contribution in [-0.2, 0) is 6.54 Å². The van der Waals surface area contributed by atoms with Gasteiger partial charge in [0.1, 0.15) is 0 Å². The predicted octanol–water partition coefficient (Wildman–Crippen LogP) is 2.90. The maximum atomic E-state index is 2.35. The quantitative estimate of drug-likeness (QED) is 0.763. The molecule has 2 rings (SSSR count). The lowest BCUT2D eigenvalue weighted by atomic mass is 10.2. The van der Waals surface area contributed by atoms with Crippen LogP contribution < -0.4 is 0 Å². The summed E-state index contributed by atoms with van der Waals surface area (Å²) in [7, 11) is 4.25. The van der Waals surface area contributed by atoms with Crippen LogP contribution in [0.1, 0.15) is 12.0 Å². The maximum Gasteiger partial charge on any atom is 0.0482 e. The zero-order chi connectivity index (χ0) is 11.5. The molecule has 2 aromatic rings. The van der Waals surface area contributed by atoms with Gasteiger partial charge in [-0.15, -0.1) is 0 Å². The summed E-state index contributed by atoms with van der Waals surface area (Å²) in [5.74, 6) is 0. The van der Waals surface area contributed by atoms with Crippen molar-refractivity contribution in [2.75, 3.05) is 20.6 Å². The molecule has 0 fully saturated rings. The van der Waals surface area contributed by atoms with Crippen molar-refractivity contribution in [3.05, 3.63) is 36.0 Å². The highest BCUT2D eigenvalue weighted by molar-refractivity contribution is 5.80. The number of hydrogen-bond acceptors (Lipinski definition) is 1. The zero-order valence-corrected chi connectivity index (χ0v) is 10.4. The van der Waals surface area contributed by atoms with Crippen molar-refractivity contribution >= 4 is 10.9 Å². The Morgan fingerprint density at radius 3 is 2.75 bits per heavy atom. The van der Waals surface area contributed by atoms with E-state index in [9.17, 15) is 0 Å². The van der Waals surface area contributed by atoms with Crippen LogP contribution in [0.15, 0.2) is 30.5 Å². The Balaban J connectivity index is 2.15. The molecule has 0 aliphatic carbocycles. The Bertz CT molecular complexity index is 469. The first kappa shape index (κ1) is 11.2. The second-order valence-electron chi connectivity index (χ2n) is 4.73. The minimum Gasteiger partial charge on any atom is -0.347 e. The lowest BCUT2D eigenvalue weighted by molar-refractivity contribution is 0.388. The lowest BCUT2D eigenvalue weighted by Crippen LogP contribution is -2.14. The summed E-state index contributed by atoms with van der Waals surface area (Å²) in [5.41, 5.74) is 2.69. The molecular formula is C14H20N2. The molecule has 2 nitrogen and oxygen atoms in total. The number of benzene rings is 1. The molecule has 0 aliphatic heterocycles. The van der Waals surface area contributed by atoms with Gasteiger partial charge in [0.2, 0.25) is 0 Å². The summed E-state index contributed by atoms with van der Waals surface area (Å²) in [6, 6.07) is 8.84. The Hall–Kier alpha value is -1.28. The van der Waals surface area contributed by atoms with E-state index in [1.807, 2.05) is 0 Å². The van der Waals surface area contributed by atoms with E-state index < -0.39 is 0 Å². The largest absolute Gasteiger partial charge is 0.347 e. The predicted molar refractivity (Wildman–Crippen MR) is 69.8 cm³/mol. The van der Waals surface area contributed by atoms with E-state index >= 15 is 0 Å². The summed E-state index contributed by atoms with van der Waals surface area (Å²) in [5, 5.41) is 1.34. The summed E-state index contributed by atoms with van der Waals surface area (Å²) in [4.78, 5) is 2.23. The van der Waals surface area contributed by atoms with Gasteiger partial charge in [0.05, 0.1) is 0 Å². The van der Waals surface area contributed by atoms with Crippen molar-refractivity contribution in [3.63, 3.8) is 0 Å². The molecule has 2 heteroatoms. The molecule has 1 aromatic carbocycles. The summed E-state index contributed by atoms with van der Waals surface area (Å²) in [6.07, 6.45) is 3.39. The topological polar surface area (TPSA) is 8.17 Å². The number of nitrogens with zero attached hydrogens (tertiary/aromatic N) is 2. The van der Waals surface area contributed by atoms with Gasteiger partial charge in [0.25, 0.3) is 0 Å².